The van der Waals surface area contributed by atoms with Crippen molar-refractivity contribution in [2.24, 2.45) is 5.73 Å². The summed E-state index contributed by atoms with van der Waals surface area (Å²) in [6.45, 7) is 6.24. The van der Waals surface area contributed by atoms with E-state index in [9.17, 15) is 4.79 Å². The lowest BCUT2D eigenvalue weighted by Gasteiger charge is -2.16. The molecule has 1 atom stereocenters. The van der Waals surface area contributed by atoms with Crippen LogP contribution < -0.4 is 5.73 Å². The van der Waals surface area contributed by atoms with Gasteiger partial charge in [-0.1, -0.05) is 30.3 Å². The van der Waals surface area contributed by atoms with E-state index in [0.717, 1.165) is 11.1 Å². The van der Waals surface area contributed by atoms with E-state index in [4.69, 9.17) is 10.8 Å². The van der Waals surface area contributed by atoms with Crippen LogP contribution in [0.15, 0.2) is 36.4 Å². The van der Waals surface area contributed by atoms with Crippen molar-refractivity contribution in [3.8, 4) is 11.1 Å². The maximum Gasteiger partial charge on any atom is 0.305 e. The molecule has 0 fully saturated rings. The van der Waals surface area contributed by atoms with E-state index in [1.165, 1.54) is 22.3 Å². The molecule has 2 aromatic carbocycles. The summed E-state index contributed by atoms with van der Waals surface area (Å²) < 4.78 is 0. The highest BCUT2D eigenvalue weighted by Gasteiger charge is 2.14. The first-order valence-corrected chi connectivity index (χ1v) is 7.04. The Hall–Kier alpha value is -2.13. The van der Waals surface area contributed by atoms with Crippen LogP contribution in [0.2, 0.25) is 0 Å². The van der Waals surface area contributed by atoms with Crippen LogP contribution in [0.4, 0.5) is 0 Å². The lowest BCUT2D eigenvalue weighted by molar-refractivity contribution is -0.137. The van der Waals surface area contributed by atoms with Gasteiger partial charge in [0.2, 0.25) is 0 Å². The Labute approximate surface area is 125 Å². The number of aryl methyl sites for hydroxylation is 3. The molecular weight excluding hydrogens is 262 g/mol. The molecule has 1 unspecified atom stereocenters. The van der Waals surface area contributed by atoms with E-state index in [1.54, 1.807) is 0 Å². The second-order valence-corrected chi connectivity index (χ2v) is 5.55. The predicted molar refractivity (Wildman–Crippen MR) is 85.3 cm³/mol. The van der Waals surface area contributed by atoms with Crippen LogP contribution in [0.3, 0.4) is 0 Å². The van der Waals surface area contributed by atoms with E-state index >= 15 is 0 Å². The Morgan fingerprint density at radius 3 is 2.29 bits per heavy atom. The fraction of sp³-hybridized carbons (Fsp3) is 0.278. The molecule has 0 spiro atoms. The number of aliphatic carboxylic acids is 1. The summed E-state index contributed by atoms with van der Waals surface area (Å²) >= 11 is 0. The molecule has 2 rings (SSSR count). The largest absolute Gasteiger partial charge is 0.481 e. The molecule has 0 aromatic heterocycles. The predicted octanol–water partition coefficient (Wildman–Crippen LogP) is 3.75. The van der Waals surface area contributed by atoms with Gasteiger partial charge >= 0.3 is 5.97 Å². The van der Waals surface area contributed by atoms with Gasteiger partial charge in [0.15, 0.2) is 0 Å². The van der Waals surface area contributed by atoms with Gasteiger partial charge < -0.3 is 10.8 Å². The second kappa shape index (κ2) is 6.10. The smallest absolute Gasteiger partial charge is 0.305 e. The van der Waals surface area contributed by atoms with Gasteiger partial charge in [-0.2, -0.15) is 0 Å². The topological polar surface area (TPSA) is 63.3 Å². The molecule has 0 saturated heterocycles. The van der Waals surface area contributed by atoms with Crippen LogP contribution in [-0.4, -0.2) is 11.1 Å². The maximum atomic E-state index is 10.8. The molecule has 0 radical (unpaired) electrons. The number of hydrogen-bond donors (Lipinski definition) is 2. The number of carboxylic acids is 1. The summed E-state index contributed by atoms with van der Waals surface area (Å²) in [5, 5.41) is 8.89. The van der Waals surface area contributed by atoms with Gasteiger partial charge in [0, 0.05) is 6.04 Å². The van der Waals surface area contributed by atoms with Crippen LogP contribution >= 0.6 is 0 Å². The van der Waals surface area contributed by atoms with Crippen molar-refractivity contribution >= 4 is 5.97 Å². The monoisotopic (exact) mass is 283 g/mol. The number of carbonyl (C=O) groups is 1. The average molecular weight is 283 g/mol. The summed E-state index contributed by atoms with van der Waals surface area (Å²) in [7, 11) is 0. The Balaban J connectivity index is 2.52. The van der Waals surface area contributed by atoms with E-state index in [-0.39, 0.29) is 6.42 Å². The van der Waals surface area contributed by atoms with Crippen molar-refractivity contribution in [2.45, 2.75) is 33.2 Å². The van der Waals surface area contributed by atoms with Gasteiger partial charge in [-0.05, 0) is 60.2 Å². The van der Waals surface area contributed by atoms with Crippen molar-refractivity contribution in [2.75, 3.05) is 0 Å². The van der Waals surface area contributed by atoms with Crippen molar-refractivity contribution < 1.29 is 9.90 Å². The molecule has 0 aliphatic carbocycles. The van der Waals surface area contributed by atoms with E-state index < -0.39 is 12.0 Å². The van der Waals surface area contributed by atoms with E-state index in [2.05, 4.69) is 32.9 Å². The van der Waals surface area contributed by atoms with Gasteiger partial charge in [-0.25, -0.2) is 0 Å². The average Bonchev–Trinajstić information content (AvgIpc) is 2.39. The lowest BCUT2D eigenvalue weighted by Crippen LogP contribution is -2.15. The highest BCUT2D eigenvalue weighted by atomic mass is 16.4. The van der Waals surface area contributed by atoms with E-state index in [1.807, 2.05) is 24.3 Å². The molecule has 3 nitrogen and oxygen atoms in total. The molecular formula is C18H21NO2. The van der Waals surface area contributed by atoms with Crippen LogP contribution in [0, 0.1) is 20.8 Å². The van der Waals surface area contributed by atoms with Crippen molar-refractivity contribution in [3.05, 3.63) is 58.7 Å². The van der Waals surface area contributed by atoms with Crippen LogP contribution in [0.5, 0.6) is 0 Å². The molecule has 0 heterocycles. The summed E-state index contributed by atoms with van der Waals surface area (Å²) in [6.07, 6.45) is -0.0603. The molecule has 3 N–H and O–H groups in total. The molecule has 3 heteroatoms. The highest BCUT2D eigenvalue weighted by molar-refractivity contribution is 5.74. The van der Waals surface area contributed by atoms with Crippen molar-refractivity contribution in [1.82, 2.24) is 0 Å². The summed E-state index contributed by atoms with van der Waals surface area (Å²) in [6, 6.07) is 11.7. The quantitative estimate of drug-likeness (QED) is 0.898. The maximum absolute atomic E-state index is 10.8. The summed E-state index contributed by atoms with van der Waals surface area (Å²) in [4.78, 5) is 10.8. The number of benzene rings is 2. The van der Waals surface area contributed by atoms with Crippen molar-refractivity contribution in [1.29, 1.82) is 0 Å². The third kappa shape index (κ3) is 3.31. The van der Waals surface area contributed by atoms with Crippen LogP contribution in [-0.2, 0) is 4.79 Å². The Morgan fingerprint density at radius 1 is 1.10 bits per heavy atom. The molecule has 0 aliphatic rings. The molecule has 0 aliphatic heterocycles. The van der Waals surface area contributed by atoms with E-state index in [0.29, 0.717) is 0 Å². The molecule has 0 amide bonds. The minimum absolute atomic E-state index is 0.0603. The first kappa shape index (κ1) is 15.3. The van der Waals surface area contributed by atoms with Gasteiger partial charge in [0.25, 0.3) is 0 Å². The molecule has 0 saturated carbocycles. The first-order valence-electron chi connectivity index (χ1n) is 7.04. The van der Waals surface area contributed by atoms with Crippen molar-refractivity contribution in [3.63, 3.8) is 0 Å². The highest BCUT2D eigenvalue weighted by Crippen LogP contribution is 2.32. The van der Waals surface area contributed by atoms with Gasteiger partial charge in [0.1, 0.15) is 0 Å². The molecule has 21 heavy (non-hydrogen) atoms. The molecule has 110 valence electrons. The Kier molecular flexibility index (Phi) is 4.43. The zero-order chi connectivity index (χ0) is 15.6. The Bertz CT molecular complexity index is 657. The standard InChI is InChI=1S/C18H21NO2/c1-11-7-8-14(16(19)10-17(20)21)9-15(11)18-12(2)5-4-6-13(18)3/h4-9,16H,10,19H2,1-3H3,(H,20,21). The van der Waals surface area contributed by atoms with Crippen LogP contribution in [0.1, 0.15) is 34.7 Å². The second-order valence-electron chi connectivity index (χ2n) is 5.55. The summed E-state index contributed by atoms with van der Waals surface area (Å²) in [5.74, 6) is -0.878. The number of hydrogen-bond acceptors (Lipinski definition) is 2. The Morgan fingerprint density at radius 2 is 1.71 bits per heavy atom. The van der Waals surface area contributed by atoms with Gasteiger partial charge in [-0.15, -0.1) is 0 Å². The minimum Gasteiger partial charge on any atom is -0.481 e. The molecule has 2 aromatic rings. The normalized spacial score (nSPS) is 12.2. The lowest BCUT2D eigenvalue weighted by atomic mass is 9.90. The molecule has 0 bridgehead atoms. The summed E-state index contributed by atoms with van der Waals surface area (Å²) in [5.41, 5.74) is 12.8. The number of rotatable bonds is 4. The number of carboxylic acid groups (broad SMARTS) is 1. The third-order valence-electron chi connectivity index (χ3n) is 3.83. The SMILES string of the molecule is Cc1ccc(C(N)CC(=O)O)cc1-c1c(C)cccc1C. The fourth-order valence-electron chi connectivity index (χ4n) is 2.68. The number of nitrogens with two attached hydrogens (primary N) is 1. The third-order valence-corrected chi connectivity index (χ3v) is 3.83. The van der Waals surface area contributed by atoms with Gasteiger partial charge in [-0.3, -0.25) is 4.79 Å². The minimum atomic E-state index is -0.878. The van der Waals surface area contributed by atoms with Gasteiger partial charge in [0.05, 0.1) is 6.42 Å². The zero-order valence-corrected chi connectivity index (χ0v) is 12.7. The zero-order valence-electron chi connectivity index (χ0n) is 12.7. The van der Waals surface area contributed by atoms with Crippen LogP contribution in [0.25, 0.3) is 11.1 Å². The fourth-order valence-corrected chi connectivity index (χ4v) is 2.68. The first-order chi connectivity index (χ1) is 9.90.